The average Bonchev–Trinajstić information content (AvgIpc) is 2.62. The molecular weight excluding hydrogens is 299 g/mol. The molecule has 1 nitrogen and oxygen atoms in total. The first-order valence-electron chi connectivity index (χ1n) is 7.75. The second-order valence-electron chi connectivity index (χ2n) is 5.57. The maximum Gasteiger partial charge on any atom is 0.139 e. The molecule has 3 rings (SSSR count). The van der Waals surface area contributed by atoms with Crippen molar-refractivity contribution in [3.63, 3.8) is 0 Å². The van der Waals surface area contributed by atoms with Gasteiger partial charge >= 0.3 is 0 Å². The molecule has 2 heteroatoms. The number of hydrogen-bond donors (Lipinski definition) is 1. The summed E-state index contributed by atoms with van der Waals surface area (Å²) in [5, 5.41) is 9.03. The average molecular weight is 316 g/mol. The van der Waals surface area contributed by atoms with E-state index in [-0.39, 0.29) is 6.61 Å². The van der Waals surface area contributed by atoms with Gasteiger partial charge in [-0.3, -0.25) is 0 Å². The first kappa shape index (κ1) is 16.0. The van der Waals surface area contributed by atoms with Crippen LogP contribution in [0.15, 0.2) is 66.7 Å². The van der Waals surface area contributed by atoms with Gasteiger partial charge in [-0.05, 0) is 47.4 Å². The van der Waals surface area contributed by atoms with Gasteiger partial charge in [-0.25, -0.2) is 4.39 Å². The normalized spacial score (nSPS) is 10.1. The van der Waals surface area contributed by atoms with Gasteiger partial charge in [-0.15, -0.1) is 0 Å². The molecule has 0 aromatic heterocycles. The third kappa shape index (κ3) is 3.37. The van der Waals surface area contributed by atoms with Crippen LogP contribution in [0.2, 0.25) is 0 Å². The van der Waals surface area contributed by atoms with Crippen LogP contribution in [0.4, 0.5) is 4.39 Å². The Hall–Kier alpha value is -2.89. The second-order valence-corrected chi connectivity index (χ2v) is 5.57. The van der Waals surface area contributed by atoms with Gasteiger partial charge in [0.05, 0.1) is 12.2 Å². The molecule has 0 atom stereocenters. The first-order valence-corrected chi connectivity index (χ1v) is 7.75. The summed E-state index contributed by atoms with van der Waals surface area (Å²) in [5.74, 6) is 5.55. The van der Waals surface area contributed by atoms with Crippen molar-refractivity contribution in [2.75, 3.05) is 0 Å². The van der Waals surface area contributed by atoms with Crippen molar-refractivity contribution in [1.82, 2.24) is 0 Å². The Labute approximate surface area is 141 Å². The maximum atomic E-state index is 14.0. The lowest BCUT2D eigenvalue weighted by Crippen LogP contribution is -1.90. The third-order valence-electron chi connectivity index (χ3n) is 3.97. The summed E-state index contributed by atoms with van der Waals surface area (Å²) in [6.45, 7) is 1.85. The zero-order chi connectivity index (χ0) is 16.9. The Balaban J connectivity index is 1.98. The fourth-order valence-corrected chi connectivity index (χ4v) is 2.59. The molecule has 24 heavy (non-hydrogen) atoms. The summed E-state index contributed by atoms with van der Waals surface area (Å²) in [6, 6.07) is 20.7. The standard InChI is InChI=1S/C22H17FO/c1-16-18(8-5-9-21(16)19-6-3-2-4-7-19)12-13-20-11-10-17(15-24)14-22(20)23/h2-11,14,24H,15H2,1H3. The molecule has 3 aromatic carbocycles. The Morgan fingerprint density at radius 2 is 1.62 bits per heavy atom. The fraction of sp³-hybridized carbons (Fsp3) is 0.0909. The van der Waals surface area contributed by atoms with Crippen LogP contribution in [0, 0.1) is 24.6 Å². The van der Waals surface area contributed by atoms with Gasteiger partial charge in [0.15, 0.2) is 0 Å². The van der Waals surface area contributed by atoms with E-state index in [2.05, 4.69) is 30.0 Å². The predicted octanol–water partition coefficient (Wildman–Crippen LogP) is 4.69. The highest BCUT2D eigenvalue weighted by atomic mass is 19.1. The molecular formula is C22H17FO. The number of halogens is 1. The first-order chi connectivity index (χ1) is 11.7. The topological polar surface area (TPSA) is 20.2 Å². The molecule has 0 aliphatic carbocycles. The lowest BCUT2D eigenvalue weighted by atomic mass is 9.96. The minimum absolute atomic E-state index is 0.178. The summed E-state index contributed by atoms with van der Waals surface area (Å²) in [4.78, 5) is 0. The molecule has 118 valence electrons. The third-order valence-corrected chi connectivity index (χ3v) is 3.97. The van der Waals surface area contributed by atoms with Gasteiger partial charge in [0, 0.05) is 5.56 Å². The van der Waals surface area contributed by atoms with Gasteiger partial charge in [-0.1, -0.05) is 60.4 Å². The summed E-state index contributed by atoms with van der Waals surface area (Å²) < 4.78 is 14.0. The van der Waals surface area contributed by atoms with E-state index in [1.807, 2.05) is 37.3 Å². The van der Waals surface area contributed by atoms with E-state index in [0.29, 0.717) is 11.1 Å². The van der Waals surface area contributed by atoms with Crippen molar-refractivity contribution >= 4 is 0 Å². The van der Waals surface area contributed by atoms with E-state index in [4.69, 9.17) is 5.11 Å². The van der Waals surface area contributed by atoms with Crippen LogP contribution in [0.5, 0.6) is 0 Å². The molecule has 0 spiro atoms. The quantitative estimate of drug-likeness (QED) is 0.680. The van der Waals surface area contributed by atoms with E-state index in [1.54, 1.807) is 12.1 Å². The predicted molar refractivity (Wildman–Crippen MR) is 94.9 cm³/mol. The minimum Gasteiger partial charge on any atom is -0.392 e. The van der Waals surface area contributed by atoms with Crippen LogP contribution in [0.3, 0.4) is 0 Å². The van der Waals surface area contributed by atoms with Gasteiger partial charge in [0.1, 0.15) is 5.82 Å². The summed E-state index contributed by atoms with van der Waals surface area (Å²) >= 11 is 0. The van der Waals surface area contributed by atoms with Gasteiger partial charge < -0.3 is 5.11 Å². The van der Waals surface area contributed by atoms with Crippen molar-refractivity contribution < 1.29 is 9.50 Å². The van der Waals surface area contributed by atoms with Crippen LogP contribution in [-0.2, 0) is 6.61 Å². The summed E-state index contributed by atoms with van der Waals surface area (Å²) in [7, 11) is 0. The molecule has 0 aliphatic heterocycles. The minimum atomic E-state index is -0.411. The smallest absolute Gasteiger partial charge is 0.139 e. The summed E-state index contributed by atoms with van der Waals surface area (Å²) in [5.41, 5.74) is 5.08. The van der Waals surface area contributed by atoms with Crippen molar-refractivity contribution in [1.29, 1.82) is 0 Å². The Morgan fingerprint density at radius 3 is 2.33 bits per heavy atom. The maximum absolute atomic E-state index is 14.0. The highest BCUT2D eigenvalue weighted by Crippen LogP contribution is 2.25. The molecule has 0 aliphatic rings. The molecule has 1 N–H and O–H groups in total. The Kier molecular flexibility index (Phi) is 4.74. The van der Waals surface area contributed by atoms with E-state index < -0.39 is 5.82 Å². The van der Waals surface area contributed by atoms with E-state index in [1.165, 1.54) is 6.07 Å². The van der Waals surface area contributed by atoms with E-state index in [0.717, 1.165) is 22.3 Å². The van der Waals surface area contributed by atoms with Gasteiger partial charge in [-0.2, -0.15) is 0 Å². The van der Waals surface area contributed by atoms with Crippen molar-refractivity contribution in [3.8, 4) is 23.0 Å². The largest absolute Gasteiger partial charge is 0.392 e. The van der Waals surface area contributed by atoms with Crippen LogP contribution in [-0.4, -0.2) is 5.11 Å². The van der Waals surface area contributed by atoms with Crippen molar-refractivity contribution in [2.45, 2.75) is 13.5 Å². The summed E-state index contributed by atoms with van der Waals surface area (Å²) in [6.07, 6.45) is 0. The molecule has 3 aromatic rings. The highest BCUT2D eigenvalue weighted by Gasteiger charge is 2.05. The molecule has 0 radical (unpaired) electrons. The lowest BCUT2D eigenvalue weighted by Gasteiger charge is -2.07. The number of benzene rings is 3. The van der Waals surface area contributed by atoms with Crippen LogP contribution in [0.25, 0.3) is 11.1 Å². The highest BCUT2D eigenvalue weighted by molar-refractivity contribution is 5.70. The molecule has 0 saturated carbocycles. The number of rotatable bonds is 2. The van der Waals surface area contributed by atoms with Crippen LogP contribution < -0.4 is 0 Å². The number of aliphatic hydroxyl groups is 1. The molecule has 0 fully saturated rings. The zero-order valence-electron chi connectivity index (χ0n) is 13.4. The van der Waals surface area contributed by atoms with E-state index >= 15 is 0 Å². The molecule has 0 unspecified atom stereocenters. The molecule has 0 bridgehead atoms. The van der Waals surface area contributed by atoms with Gasteiger partial charge in [0.2, 0.25) is 0 Å². The molecule has 0 saturated heterocycles. The molecule has 0 heterocycles. The lowest BCUT2D eigenvalue weighted by molar-refractivity contribution is 0.281. The van der Waals surface area contributed by atoms with Gasteiger partial charge in [0.25, 0.3) is 0 Å². The number of hydrogen-bond acceptors (Lipinski definition) is 1. The van der Waals surface area contributed by atoms with Crippen LogP contribution in [0.1, 0.15) is 22.3 Å². The monoisotopic (exact) mass is 316 g/mol. The van der Waals surface area contributed by atoms with Crippen LogP contribution >= 0.6 is 0 Å². The fourth-order valence-electron chi connectivity index (χ4n) is 2.59. The Morgan fingerprint density at radius 1 is 0.875 bits per heavy atom. The second kappa shape index (κ2) is 7.12. The molecule has 0 amide bonds. The SMILES string of the molecule is Cc1c(C#Cc2ccc(CO)cc2F)cccc1-c1ccccc1. The van der Waals surface area contributed by atoms with Crippen molar-refractivity contribution in [3.05, 3.63) is 94.8 Å². The van der Waals surface area contributed by atoms with Crippen molar-refractivity contribution in [2.24, 2.45) is 0 Å². The zero-order valence-corrected chi connectivity index (χ0v) is 13.4. The number of aliphatic hydroxyl groups excluding tert-OH is 1. The van der Waals surface area contributed by atoms with E-state index in [9.17, 15) is 4.39 Å². The Bertz CT molecular complexity index is 918.